The lowest BCUT2D eigenvalue weighted by Crippen LogP contribution is -2.54. The molecule has 1 fully saturated rings. The van der Waals surface area contributed by atoms with Crippen LogP contribution in [0.5, 0.6) is 17.2 Å². The molecule has 1 heterocycles. The van der Waals surface area contributed by atoms with Gasteiger partial charge in [0, 0.05) is 6.07 Å². The summed E-state index contributed by atoms with van der Waals surface area (Å²) in [7, 11) is 1.44. The highest BCUT2D eigenvalue weighted by Gasteiger charge is 2.37. The number of nitrogens with one attached hydrogen (secondary N) is 2. The molecule has 1 saturated heterocycles. The zero-order valence-corrected chi connectivity index (χ0v) is 26.3. The van der Waals surface area contributed by atoms with Gasteiger partial charge in [-0.2, -0.15) is 0 Å². The van der Waals surface area contributed by atoms with E-state index >= 15 is 0 Å². The van der Waals surface area contributed by atoms with Gasteiger partial charge in [-0.05, 0) is 86.3 Å². The molecule has 42 heavy (non-hydrogen) atoms. The number of para-hydroxylation sites is 1. The third kappa shape index (κ3) is 7.12. The number of nitrogens with zero attached hydrogens (tertiary/aromatic N) is 1. The van der Waals surface area contributed by atoms with Gasteiger partial charge >= 0.3 is 6.03 Å². The first-order chi connectivity index (χ1) is 20.1. The lowest BCUT2D eigenvalue weighted by atomic mass is 10.1. The maximum Gasteiger partial charge on any atom is 0.335 e. The van der Waals surface area contributed by atoms with Crippen LogP contribution in [0, 0.1) is 0 Å². The average molecular weight is 722 g/mol. The average Bonchev–Trinajstić information content (AvgIpc) is 2.95. The van der Waals surface area contributed by atoms with E-state index in [9.17, 15) is 19.2 Å². The Balaban J connectivity index is 1.54. The molecule has 5 amide bonds. The molecule has 3 aromatic carbocycles. The highest BCUT2D eigenvalue weighted by atomic mass is 79.9. The Kier molecular flexibility index (Phi) is 10.3. The van der Waals surface area contributed by atoms with Crippen molar-refractivity contribution in [3.8, 4) is 17.2 Å². The fraction of sp³-hybridized carbons (Fsp3) is 0.172. The molecule has 0 saturated carbocycles. The van der Waals surface area contributed by atoms with Gasteiger partial charge in [0.15, 0.2) is 18.1 Å². The summed E-state index contributed by atoms with van der Waals surface area (Å²) >= 11 is 12.9. The summed E-state index contributed by atoms with van der Waals surface area (Å²) in [6, 6.07) is 13.7. The summed E-state index contributed by atoms with van der Waals surface area (Å²) in [4.78, 5) is 52.0. The fourth-order valence-electron chi connectivity index (χ4n) is 3.87. The number of benzene rings is 3. The molecule has 1 aliphatic rings. The van der Waals surface area contributed by atoms with Crippen molar-refractivity contribution in [2.45, 2.75) is 13.3 Å². The van der Waals surface area contributed by atoms with Crippen LogP contribution >= 0.6 is 43.5 Å². The predicted molar refractivity (Wildman–Crippen MR) is 165 cm³/mol. The SMILES string of the molecule is CCCOc1ccc(N2C(=O)NC(=O)/C(=C/c3cc(Br)c(OCC(=O)Nc4ccccc4Cl)c(Br)c3)C2=O)cc1OC. The van der Waals surface area contributed by atoms with Gasteiger partial charge in [0.1, 0.15) is 11.3 Å². The van der Waals surface area contributed by atoms with Gasteiger partial charge in [-0.3, -0.25) is 19.7 Å². The molecule has 10 nitrogen and oxygen atoms in total. The van der Waals surface area contributed by atoms with Crippen molar-refractivity contribution < 1.29 is 33.4 Å². The van der Waals surface area contributed by atoms with Crippen LogP contribution in [0.25, 0.3) is 6.08 Å². The van der Waals surface area contributed by atoms with Crippen LogP contribution in [0.3, 0.4) is 0 Å². The van der Waals surface area contributed by atoms with Gasteiger partial charge in [-0.25, -0.2) is 9.69 Å². The van der Waals surface area contributed by atoms with E-state index in [1.54, 1.807) is 42.5 Å². The molecule has 0 bridgehead atoms. The number of hydrogen-bond donors (Lipinski definition) is 2. The molecule has 13 heteroatoms. The number of carbonyl (C=O) groups is 4. The van der Waals surface area contributed by atoms with Crippen LogP contribution in [0.1, 0.15) is 18.9 Å². The minimum atomic E-state index is -0.896. The van der Waals surface area contributed by atoms with Gasteiger partial charge in [-0.15, -0.1) is 0 Å². The first-order valence-electron chi connectivity index (χ1n) is 12.5. The summed E-state index contributed by atoms with van der Waals surface area (Å²) in [6.45, 7) is 2.11. The Morgan fingerprint density at radius 2 is 1.74 bits per heavy atom. The molecule has 0 unspecified atom stereocenters. The van der Waals surface area contributed by atoms with Gasteiger partial charge in [0.2, 0.25) is 0 Å². The van der Waals surface area contributed by atoms with Crippen molar-refractivity contribution in [1.82, 2.24) is 5.32 Å². The zero-order chi connectivity index (χ0) is 30.4. The molecule has 0 aliphatic carbocycles. The Bertz CT molecular complexity index is 1570. The second-order valence-corrected chi connectivity index (χ2v) is 10.9. The molecular formula is C29H24Br2ClN3O7. The molecule has 3 aromatic rings. The normalized spacial score (nSPS) is 14.1. The topological polar surface area (TPSA) is 123 Å². The Labute approximate surface area is 263 Å². The number of methoxy groups -OCH3 is 1. The minimum absolute atomic E-state index is 0.192. The highest BCUT2D eigenvalue weighted by Crippen LogP contribution is 2.37. The maximum absolute atomic E-state index is 13.4. The number of carbonyl (C=O) groups excluding carboxylic acids is 4. The molecule has 0 aromatic heterocycles. The Morgan fingerprint density at radius 3 is 2.40 bits per heavy atom. The molecule has 0 spiro atoms. The Hall–Kier alpha value is -3.87. The zero-order valence-electron chi connectivity index (χ0n) is 22.3. The van der Waals surface area contributed by atoms with Crippen molar-refractivity contribution in [3.05, 3.63) is 79.7 Å². The van der Waals surface area contributed by atoms with Gasteiger partial charge < -0.3 is 19.5 Å². The summed E-state index contributed by atoms with van der Waals surface area (Å²) in [5, 5.41) is 5.26. The number of hydrogen-bond acceptors (Lipinski definition) is 7. The quantitative estimate of drug-likeness (QED) is 0.185. The van der Waals surface area contributed by atoms with Crippen molar-refractivity contribution in [1.29, 1.82) is 0 Å². The Morgan fingerprint density at radius 1 is 1.02 bits per heavy atom. The van der Waals surface area contributed by atoms with Crippen LogP contribution in [0.4, 0.5) is 16.2 Å². The van der Waals surface area contributed by atoms with Crippen molar-refractivity contribution >= 4 is 84.7 Å². The van der Waals surface area contributed by atoms with Crippen molar-refractivity contribution in [2.24, 2.45) is 0 Å². The first-order valence-corrected chi connectivity index (χ1v) is 14.5. The van der Waals surface area contributed by atoms with Crippen LogP contribution < -0.4 is 29.7 Å². The van der Waals surface area contributed by atoms with Gasteiger partial charge in [-0.1, -0.05) is 30.7 Å². The molecule has 4 rings (SSSR count). The highest BCUT2D eigenvalue weighted by molar-refractivity contribution is 9.11. The minimum Gasteiger partial charge on any atom is -0.493 e. The number of barbiturate groups is 1. The van der Waals surface area contributed by atoms with E-state index in [1.807, 2.05) is 6.92 Å². The summed E-state index contributed by atoms with van der Waals surface area (Å²) in [5.41, 5.74) is 0.814. The number of imide groups is 2. The monoisotopic (exact) mass is 719 g/mol. The largest absolute Gasteiger partial charge is 0.493 e. The molecule has 0 radical (unpaired) electrons. The number of anilines is 2. The number of ether oxygens (including phenoxy) is 3. The third-order valence-electron chi connectivity index (χ3n) is 5.80. The van der Waals surface area contributed by atoms with E-state index < -0.39 is 23.8 Å². The summed E-state index contributed by atoms with van der Waals surface area (Å²) in [5.74, 6) is -0.994. The lowest BCUT2D eigenvalue weighted by Gasteiger charge is -2.27. The second kappa shape index (κ2) is 13.9. The maximum atomic E-state index is 13.4. The summed E-state index contributed by atoms with van der Waals surface area (Å²) in [6.07, 6.45) is 2.13. The van der Waals surface area contributed by atoms with E-state index in [1.165, 1.54) is 25.3 Å². The van der Waals surface area contributed by atoms with E-state index in [4.69, 9.17) is 25.8 Å². The molecular weight excluding hydrogens is 698 g/mol. The number of halogens is 3. The van der Waals surface area contributed by atoms with Crippen molar-refractivity contribution in [3.63, 3.8) is 0 Å². The number of urea groups is 1. The van der Waals surface area contributed by atoms with Gasteiger partial charge in [0.05, 0.1) is 39.1 Å². The first kappa shape index (κ1) is 31.1. The van der Waals surface area contributed by atoms with Crippen LogP contribution in [0.15, 0.2) is 69.1 Å². The third-order valence-corrected chi connectivity index (χ3v) is 7.30. The molecule has 218 valence electrons. The smallest absolute Gasteiger partial charge is 0.335 e. The van der Waals surface area contributed by atoms with Crippen molar-refractivity contribution in [2.75, 3.05) is 30.5 Å². The molecule has 0 atom stereocenters. The van der Waals surface area contributed by atoms with Crippen LogP contribution in [-0.2, 0) is 14.4 Å². The van der Waals surface area contributed by atoms with E-state index in [0.29, 0.717) is 49.1 Å². The predicted octanol–water partition coefficient (Wildman–Crippen LogP) is 6.35. The standard InChI is InChI=1S/C29H24Br2ClN3O7/c1-3-10-41-23-9-8-17(14-24(23)40-2)35-28(38)18(27(37)34-29(35)39)11-16-12-19(30)26(20(31)13-16)42-15-25(36)33-22-7-5-4-6-21(22)32/h4-9,11-14H,3,10,15H2,1-2H3,(H,33,36)(H,34,37,39)/b18-11-. The van der Waals surface area contributed by atoms with Gasteiger partial charge in [0.25, 0.3) is 17.7 Å². The van der Waals surface area contributed by atoms with E-state index in [0.717, 1.165) is 11.3 Å². The molecule has 1 aliphatic heterocycles. The van der Waals surface area contributed by atoms with E-state index in [2.05, 4.69) is 42.5 Å². The fourth-order valence-corrected chi connectivity index (χ4v) is 5.51. The van der Waals surface area contributed by atoms with E-state index in [-0.39, 0.29) is 17.9 Å². The number of amides is 5. The summed E-state index contributed by atoms with van der Waals surface area (Å²) < 4.78 is 17.6. The number of rotatable bonds is 10. The molecule has 2 N–H and O–H groups in total. The lowest BCUT2D eigenvalue weighted by molar-refractivity contribution is -0.122. The second-order valence-electron chi connectivity index (χ2n) is 8.77. The van der Waals surface area contributed by atoms with Crippen LogP contribution in [-0.4, -0.2) is 44.1 Å². The van der Waals surface area contributed by atoms with Crippen LogP contribution in [0.2, 0.25) is 5.02 Å².